The molecule has 0 radical (unpaired) electrons. The maximum Gasteiger partial charge on any atom is 0.240 e. The first-order valence-electron chi connectivity index (χ1n) is 6.33. The highest BCUT2D eigenvalue weighted by Crippen LogP contribution is 2.11. The average molecular weight is 283 g/mol. The summed E-state index contributed by atoms with van der Waals surface area (Å²) < 4.78 is 0. The molecule has 19 heavy (non-hydrogen) atoms. The summed E-state index contributed by atoms with van der Waals surface area (Å²) >= 11 is 1.28. The fraction of sp³-hybridized carbons (Fsp3) is 0.615. The fourth-order valence-electron chi connectivity index (χ4n) is 1.58. The molecular weight excluding hydrogens is 262 g/mol. The lowest BCUT2D eigenvalue weighted by atomic mass is 10.0. The minimum absolute atomic E-state index is 0.0322. The molecule has 1 amide bonds. The van der Waals surface area contributed by atoms with E-state index in [9.17, 15) is 9.59 Å². The number of nitrogens with two attached hydrogens (primary N) is 1. The molecule has 0 spiro atoms. The second kappa shape index (κ2) is 6.77. The number of Topliss-reactive ketones (excluding diaryl/α,β-unsaturated/α-hetero) is 1. The lowest BCUT2D eigenvalue weighted by Gasteiger charge is -2.29. The van der Waals surface area contributed by atoms with Crippen molar-refractivity contribution in [2.24, 2.45) is 11.7 Å². The van der Waals surface area contributed by atoms with E-state index in [1.807, 2.05) is 27.7 Å². The van der Waals surface area contributed by atoms with Gasteiger partial charge in [0.25, 0.3) is 0 Å². The number of nitrogens with zero attached hydrogens (tertiary/aromatic N) is 2. The highest BCUT2D eigenvalue weighted by molar-refractivity contribution is 7.11. The molecular formula is C13H21N3O2S. The Morgan fingerprint density at radius 2 is 2.00 bits per heavy atom. The van der Waals surface area contributed by atoms with Crippen LogP contribution >= 0.6 is 11.3 Å². The SMILES string of the molecule is CC(C)[C@H](N)C(=O)N(CC(=O)c1nccs1)C(C)C. The Hall–Kier alpha value is -1.27. The smallest absolute Gasteiger partial charge is 0.240 e. The number of carbonyl (C=O) groups excluding carboxylic acids is 2. The monoisotopic (exact) mass is 283 g/mol. The summed E-state index contributed by atoms with van der Waals surface area (Å²) in [6.07, 6.45) is 1.58. The highest BCUT2D eigenvalue weighted by Gasteiger charge is 2.27. The Kier molecular flexibility index (Phi) is 5.62. The van der Waals surface area contributed by atoms with Crippen LogP contribution in [0.5, 0.6) is 0 Å². The number of amides is 1. The van der Waals surface area contributed by atoms with E-state index in [4.69, 9.17) is 5.73 Å². The summed E-state index contributed by atoms with van der Waals surface area (Å²) in [5, 5.41) is 2.17. The lowest BCUT2D eigenvalue weighted by molar-refractivity contribution is -0.134. The maximum absolute atomic E-state index is 12.3. The molecule has 0 fully saturated rings. The maximum atomic E-state index is 12.3. The lowest BCUT2D eigenvalue weighted by Crippen LogP contribution is -2.50. The molecule has 0 bridgehead atoms. The summed E-state index contributed by atoms with van der Waals surface area (Å²) in [4.78, 5) is 29.8. The van der Waals surface area contributed by atoms with Gasteiger partial charge >= 0.3 is 0 Å². The van der Waals surface area contributed by atoms with E-state index < -0.39 is 6.04 Å². The molecule has 0 saturated carbocycles. The number of rotatable bonds is 6. The molecule has 5 nitrogen and oxygen atoms in total. The van der Waals surface area contributed by atoms with Crippen molar-refractivity contribution in [3.63, 3.8) is 0 Å². The number of aromatic nitrogens is 1. The van der Waals surface area contributed by atoms with Crippen LogP contribution in [0, 0.1) is 5.92 Å². The zero-order chi connectivity index (χ0) is 14.6. The molecule has 1 aromatic rings. The van der Waals surface area contributed by atoms with Crippen LogP contribution in [0.25, 0.3) is 0 Å². The predicted octanol–water partition coefficient (Wildman–Crippen LogP) is 1.55. The minimum Gasteiger partial charge on any atom is -0.331 e. The van der Waals surface area contributed by atoms with E-state index in [0.717, 1.165) is 0 Å². The van der Waals surface area contributed by atoms with Gasteiger partial charge in [-0.05, 0) is 19.8 Å². The number of hydrogen-bond acceptors (Lipinski definition) is 5. The first-order valence-corrected chi connectivity index (χ1v) is 7.21. The van der Waals surface area contributed by atoms with Crippen LogP contribution in [0.3, 0.4) is 0 Å². The van der Waals surface area contributed by atoms with Crippen molar-refractivity contribution in [1.82, 2.24) is 9.88 Å². The van der Waals surface area contributed by atoms with Gasteiger partial charge in [0.05, 0.1) is 12.6 Å². The molecule has 106 valence electrons. The van der Waals surface area contributed by atoms with Gasteiger partial charge in [0.2, 0.25) is 11.7 Å². The molecule has 0 aromatic carbocycles. The van der Waals surface area contributed by atoms with Crippen molar-refractivity contribution >= 4 is 23.0 Å². The molecule has 0 aliphatic carbocycles. The summed E-state index contributed by atoms with van der Waals surface area (Å²) in [5.41, 5.74) is 5.88. The van der Waals surface area contributed by atoms with E-state index in [-0.39, 0.29) is 30.2 Å². The highest BCUT2D eigenvalue weighted by atomic mass is 32.1. The molecule has 0 aliphatic rings. The van der Waals surface area contributed by atoms with Gasteiger partial charge in [0.1, 0.15) is 0 Å². The molecule has 1 rings (SSSR count). The van der Waals surface area contributed by atoms with Gasteiger partial charge in [-0.1, -0.05) is 13.8 Å². The van der Waals surface area contributed by atoms with Crippen molar-refractivity contribution in [1.29, 1.82) is 0 Å². The Morgan fingerprint density at radius 3 is 2.42 bits per heavy atom. The van der Waals surface area contributed by atoms with Crippen LogP contribution in [0.15, 0.2) is 11.6 Å². The van der Waals surface area contributed by atoms with Crippen molar-refractivity contribution in [3.05, 3.63) is 16.6 Å². The normalized spacial score (nSPS) is 12.8. The quantitative estimate of drug-likeness (QED) is 0.804. The Bertz CT molecular complexity index is 429. The summed E-state index contributed by atoms with van der Waals surface area (Å²) in [6.45, 7) is 7.57. The summed E-state index contributed by atoms with van der Waals surface area (Å²) in [6, 6.07) is -0.646. The second-order valence-electron chi connectivity index (χ2n) is 5.09. The topological polar surface area (TPSA) is 76.3 Å². The zero-order valence-electron chi connectivity index (χ0n) is 11.8. The van der Waals surface area contributed by atoms with Crippen LogP contribution in [0.4, 0.5) is 0 Å². The Morgan fingerprint density at radius 1 is 1.37 bits per heavy atom. The van der Waals surface area contributed by atoms with Gasteiger partial charge in [0, 0.05) is 17.6 Å². The van der Waals surface area contributed by atoms with Crippen molar-refractivity contribution < 1.29 is 9.59 Å². The second-order valence-corrected chi connectivity index (χ2v) is 5.98. The van der Waals surface area contributed by atoms with E-state index in [0.29, 0.717) is 5.01 Å². The predicted molar refractivity (Wildman–Crippen MR) is 76.1 cm³/mol. The van der Waals surface area contributed by atoms with E-state index in [1.54, 1.807) is 11.6 Å². The molecule has 1 atom stereocenters. The summed E-state index contributed by atoms with van der Waals surface area (Å²) in [5.74, 6) is -0.286. The molecule has 2 N–H and O–H groups in total. The third kappa shape index (κ3) is 4.11. The van der Waals surface area contributed by atoms with Gasteiger partial charge in [-0.15, -0.1) is 11.3 Å². The van der Waals surface area contributed by atoms with E-state index in [1.165, 1.54) is 16.2 Å². The van der Waals surface area contributed by atoms with Crippen LogP contribution in [-0.4, -0.2) is 40.2 Å². The van der Waals surface area contributed by atoms with Gasteiger partial charge in [-0.25, -0.2) is 4.98 Å². The molecule has 1 aromatic heterocycles. The van der Waals surface area contributed by atoms with Gasteiger partial charge < -0.3 is 10.6 Å². The van der Waals surface area contributed by atoms with Crippen LogP contribution in [0.2, 0.25) is 0 Å². The van der Waals surface area contributed by atoms with Crippen molar-refractivity contribution in [2.45, 2.75) is 39.8 Å². The van der Waals surface area contributed by atoms with Crippen LogP contribution in [-0.2, 0) is 4.79 Å². The third-order valence-corrected chi connectivity index (χ3v) is 3.71. The number of ketones is 1. The van der Waals surface area contributed by atoms with Gasteiger partial charge in [-0.2, -0.15) is 0 Å². The number of hydrogen-bond donors (Lipinski definition) is 1. The molecule has 6 heteroatoms. The first kappa shape index (κ1) is 15.8. The average Bonchev–Trinajstić information content (AvgIpc) is 2.87. The van der Waals surface area contributed by atoms with Crippen molar-refractivity contribution in [2.75, 3.05) is 6.54 Å². The molecule has 0 saturated heterocycles. The number of thiazole rings is 1. The Labute approximate surface area is 117 Å². The fourth-order valence-corrected chi connectivity index (χ4v) is 2.14. The first-order chi connectivity index (χ1) is 8.84. The van der Waals surface area contributed by atoms with Crippen LogP contribution in [0.1, 0.15) is 37.5 Å². The molecule has 0 aliphatic heterocycles. The number of carbonyl (C=O) groups is 2. The van der Waals surface area contributed by atoms with Gasteiger partial charge in [0.15, 0.2) is 5.01 Å². The standard InChI is InChI=1S/C13H21N3O2S/c1-8(2)11(14)13(18)16(9(3)4)7-10(17)12-15-5-6-19-12/h5-6,8-9,11H,7,14H2,1-4H3/t11-/m0/s1. The van der Waals surface area contributed by atoms with E-state index in [2.05, 4.69) is 4.98 Å². The molecule has 0 unspecified atom stereocenters. The third-order valence-electron chi connectivity index (χ3n) is 2.89. The minimum atomic E-state index is -0.577. The largest absolute Gasteiger partial charge is 0.331 e. The Balaban J connectivity index is 2.79. The van der Waals surface area contributed by atoms with Crippen molar-refractivity contribution in [3.8, 4) is 0 Å². The zero-order valence-corrected chi connectivity index (χ0v) is 12.6. The van der Waals surface area contributed by atoms with Crippen LogP contribution < -0.4 is 5.73 Å². The summed E-state index contributed by atoms with van der Waals surface area (Å²) in [7, 11) is 0. The molecule has 1 heterocycles. The van der Waals surface area contributed by atoms with Gasteiger partial charge in [-0.3, -0.25) is 9.59 Å². The van der Waals surface area contributed by atoms with E-state index >= 15 is 0 Å².